The summed E-state index contributed by atoms with van der Waals surface area (Å²) in [4.78, 5) is 35.6. The van der Waals surface area contributed by atoms with Crippen LogP contribution in [-0.2, 0) is 16.1 Å². The number of carboxylic acid groups (broad SMARTS) is 1. The molecule has 1 aliphatic carbocycles. The van der Waals surface area contributed by atoms with Gasteiger partial charge in [-0.25, -0.2) is 0 Å². The Labute approximate surface area is 196 Å². The minimum Gasteiger partial charge on any atom is -0.483 e. The van der Waals surface area contributed by atoms with E-state index in [0.29, 0.717) is 11.9 Å². The standard InChI is InChI=1S/C25H26N2O4.CH2O2/c1-16-11-21(29)18-9-5-6-10-20(18)27(16)13-23(31)26-12-22(30)25(15-26)19(14-28)24(25)17-7-3-2-4-8-17;2-1-3/h2-11,19,22,24,28,30H,12-15H2,1H3;1H,(H,2,3)/t19-,22-,24-,25-;/m1./s1. The number of benzene rings is 2. The molecule has 3 N–H and O–H groups in total. The van der Waals surface area contributed by atoms with Crippen molar-refractivity contribution in [2.45, 2.75) is 25.5 Å². The Morgan fingerprint density at radius 1 is 1.15 bits per heavy atom. The lowest BCUT2D eigenvalue weighted by Crippen LogP contribution is -2.33. The Kier molecular flexibility index (Phi) is 6.54. The third-order valence-corrected chi connectivity index (χ3v) is 7.27. The average Bonchev–Trinajstić information content (AvgIpc) is 3.37. The Hall–Kier alpha value is -3.49. The number of aliphatic hydroxyl groups excluding tert-OH is 2. The largest absolute Gasteiger partial charge is 0.483 e. The van der Waals surface area contributed by atoms with Crippen molar-refractivity contribution in [2.24, 2.45) is 11.3 Å². The van der Waals surface area contributed by atoms with Crippen LogP contribution in [0.1, 0.15) is 17.2 Å². The van der Waals surface area contributed by atoms with Gasteiger partial charge in [-0.3, -0.25) is 14.4 Å². The van der Waals surface area contributed by atoms with E-state index in [4.69, 9.17) is 9.90 Å². The predicted molar refractivity (Wildman–Crippen MR) is 126 cm³/mol. The number of hydrogen-bond donors (Lipinski definition) is 3. The summed E-state index contributed by atoms with van der Waals surface area (Å²) in [6.45, 7) is 2.36. The highest BCUT2D eigenvalue weighted by Gasteiger charge is 2.71. The molecule has 4 atom stereocenters. The Morgan fingerprint density at radius 2 is 1.79 bits per heavy atom. The first-order valence-electron chi connectivity index (χ1n) is 11.2. The molecule has 1 aliphatic heterocycles. The number of rotatable bonds is 4. The summed E-state index contributed by atoms with van der Waals surface area (Å²) in [6.07, 6.45) is -0.675. The smallest absolute Gasteiger partial charge is 0.290 e. The number of para-hydroxylation sites is 1. The Balaban J connectivity index is 0.000000868. The van der Waals surface area contributed by atoms with Crippen LogP contribution in [0.15, 0.2) is 65.5 Å². The fourth-order valence-electron chi connectivity index (χ4n) is 5.66. The highest BCUT2D eigenvalue weighted by atomic mass is 16.3. The van der Waals surface area contributed by atoms with Gasteiger partial charge in [0.15, 0.2) is 5.43 Å². The van der Waals surface area contributed by atoms with Gasteiger partial charge in [-0.2, -0.15) is 0 Å². The molecule has 1 saturated heterocycles. The number of fused-ring (bicyclic) bond motifs is 1. The first-order valence-corrected chi connectivity index (χ1v) is 11.2. The van der Waals surface area contributed by atoms with Crippen molar-refractivity contribution in [3.05, 3.63) is 82.1 Å². The number of carbonyl (C=O) groups is 2. The van der Waals surface area contributed by atoms with Crippen LogP contribution in [0.4, 0.5) is 0 Å². The van der Waals surface area contributed by atoms with Crippen LogP contribution in [0, 0.1) is 18.3 Å². The molecule has 2 heterocycles. The van der Waals surface area contributed by atoms with Crippen molar-refractivity contribution in [1.82, 2.24) is 9.47 Å². The monoisotopic (exact) mass is 464 g/mol. The highest BCUT2D eigenvalue weighted by molar-refractivity contribution is 5.83. The van der Waals surface area contributed by atoms with Gasteiger partial charge in [-0.05, 0) is 36.5 Å². The van der Waals surface area contributed by atoms with Gasteiger partial charge in [-0.1, -0.05) is 42.5 Å². The van der Waals surface area contributed by atoms with Crippen LogP contribution < -0.4 is 5.43 Å². The van der Waals surface area contributed by atoms with Crippen molar-refractivity contribution in [3.63, 3.8) is 0 Å². The molecule has 1 aromatic heterocycles. The third-order valence-electron chi connectivity index (χ3n) is 7.27. The molecule has 8 nitrogen and oxygen atoms in total. The number of pyridine rings is 1. The van der Waals surface area contributed by atoms with Crippen LogP contribution in [0.3, 0.4) is 0 Å². The maximum absolute atomic E-state index is 13.2. The first-order chi connectivity index (χ1) is 16.4. The second kappa shape index (κ2) is 9.40. The normalized spacial score (nSPS) is 25.1. The van der Waals surface area contributed by atoms with E-state index in [0.717, 1.165) is 16.8 Å². The van der Waals surface area contributed by atoms with Gasteiger partial charge in [0, 0.05) is 42.3 Å². The molecule has 1 spiro atoms. The molecule has 0 unspecified atom stereocenters. The van der Waals surface area contributed by atoms with Crippen molar-refractivity contribution in [2.75, 3.05) is 19.7 Å². The van der Waals surface area contributed by atoms with Crippen LogP contribution in [-0.4, -0.2) is 63.0 Å². The van der Waals surface area contributed by atoms with Crippen molar-refractivity contribution >= 4 is 23.3 Å². The van der Waals surface area contributed by atoms with Crippen molar-refractivity contribution in [3.8, 4) is 0 Å². The topological polar surface area (TPSA) is 120 Å². The average molecular weight is 465 g/mol. The van der Waals surface area contributed by atoms with E-state index in [9.17, 15) is 19.8 Å². The van der Waals surface area contributed by atoms with E-state index in [1.165, 1.54) is 0 Å². The number of aryl methyl sites for hydroxylation is 1. The zero-order valence-electron chi connectivity index (χ0n) is 18.9. The lowest BCUT2D eigenvalue weighted by Gasteiger charge is -2.20. The van der Waals surface area contributed by atoms with E-state index >= 15 is 0 Å². The summed E-state index contributed by atoms with van der Waals surface area (Å²) in [6, 6.07) is 18.8. The predicted octanol–water partition coefficient (Wildman–Crippen LogP) is 1.61. The maximum atomic E-state index is 13.2. The molecular weight excluding hydrogens is 436 g/mol. The number of carbonyl (C=O) groups excluding carboxylic acids is 1. The van der Waals surface area contributed by atoms with Gasteiger partial charge in [-0.15, -0.1) is 0 Å². The lowest BCUT2D eigenvalue weighted by molar-refractivity contribution is -0.131. The van der Waals surface area contributed by atoms with Gasteiger partial charge in [0.2, 0.25) is 5.91 Å². The summed E-state index contributed by atoms with van der Waals surface area (Å²) in [5.74, 6) is -0.109. The summed E-state index contributed by atoms with van der Waals surface area (Å²) in [5.41, 5.74) is 2.01. The van der Waals surface area contributed by atoms with Gasteiger partial charge < -0.3 is 24.8 Å². The van der Waals surface area contributed by atoms with Crippen LogP contribution in [0.5, 0.6) is 0 Å². The van der Waals surface area contributed by atoms with Crippen LogP contribution in [0.25, 0.3) is 10.9 Å². The van der Waals surface area contributed by atoms with E-state index in [1.807, 2.05) is 60.0 Å². The SMILES string of the molecule is Cc1cc(=O)c2ccccc2n1CC(=O)N1C[C@@H](O)[C@@]2(C1)[C@H](CO)[C@H]2c1ccccc1.O=CO. The number of aromatic nitrogens is 1. The van der Waals surface area contributed by atoms with Crippen LogP contribution in [0.2, 0.25) is 0 Å². The Bertz CT molecular complexity index is 1260. The molecule has 8 heteroatoms. The number of aliphatic hydroxyl groups is 2. The molecule has 3 aromatic rings. The second-order valence-electron chi connectivity index (χ2n) is 8.94. The molecule has 0 radical (unpaired) electrons. The minimum atomic E-state index is -0.675. The molecule has 5 rings (SSSR count). The molecule has 34 heavy (non-hydrogen) atoms. The number of nitrogens with zero attached hydrogens (tertiary/aromatic N) is 2. The van der Waals surface area contributed by atoms with E-state index < -0.39 is 11.5 Å². The second-order valence-corrected chi connectivity index (χ2v) is 8.94. The van der Waals surface area contributed by atoms with E-state index in [-0.39, 0.29) is 49.3 Å². The van der Waals surface area contributed by atoms with Crippen LogP contribution >= 0.6 is 0 Å². The number of amides is 1. The van der Waals surface area contributed by atoms with Crippen molar-refractivity contribution < 1.29 is 24.9 Å². The molecule has 1 amide bonds. The van der Waals surface area contributed by atoms with E-state index in [2.05, 4.69) is 0 Å². The summed E-state index contributed by atoms with van der Waals surface area (Å²) >= 11 is 0. The fourth-order valence-corrected chi connectivity index (χ4v) is 5.66. The fraction of sp³-hybridized carbons (Fsp3) is 0.346. The zero-order valence-corrected chi connectivity index (χ0v) is 18.9. The molecular formula is C26H28N2O6. The summed E-state index contributed by atoms with van der Waals surface area (Å²) in [7, 11) is 0. The Morgan fingerprint density at radius 3 is 2.47 bits per heavy atom. The summed E-state index contributed by atoms with van der Waals surface area (Å²) < 4.78 is 1.86. The number of likely N-dealkylation sites (tertiary alicyclic amines) is 1. The highest BCUT2D eigenvalue weighted by Crippen LogP contribution is 2.68. The number of β-amino-alcohol motifs (C(OH)–C–C–N with tert-alkyl or cyclic N) is 1. The van der Waals surface area contributed by atoms with Crippen molar-refractivity contribution in [1.29, 1.82) is 0 Å². The number of hydrogen-bond acceptors (Lipinski definition) is 5. The molecule has 0 bridgehead atoms. The van der Waals surface area contributed by atoms with Gasteiger partial charge in [0.05, 0.1) is 11.6 Å². The van der Waals surface area contributed by atoms with Gasteiger partial charge >= 0.3 is 0 Å². The molecule has 2 fully saturated rings. The van der Waals surface area contributed by atoms with Gasteiger partial charge in [0.25, 0.3) is 6.47 Å². The minimum absolute atomic E-state index is 0.0118. The quantitative estimate of drug-likeness (QED) is 0.505. The summed E-state index contributed by atoms with van der Waals surface area (Å²) in [5, 5.41) is 28.4. The lowest BCUT2D eigenvalue weighted by atomic mass is 9.95. The molecule has 2 aliphatic rings. The maximum Gasteiger partial charge on any atom is 0.290 e. The zero-order chi connectivity index (χ0) is 24.5. The third kappa shape index (κ3) is 3.89. The molecule has 1 saturated carbocycles. The molecule has 178 valence electrons. The van der Waals surface area contributed by atoms with Gasteiger partial charge in [0.1, 0.15) is 6.54 Å². The van der Waals surface area contributed by atoms with E-state index in [1.54, 1.807) is 17.0 Å². The molecule has 2 aromatic carbocycles. The first kappa shape index (κ1) is 23.7.